The van der Waals surface area contributed by atoms with Gasteiger partial charge in [-0.05, 0) is 50.2 Å². The van der Waals surface area contributed by atoms with Crippen LogP contribution >= 0.6 is 11.6 Å². The summed E-state index contributed by atoms with van der Waals surface area (Å²) in [4.78, 5) is 26.5. The van der Waals surface area contributed by atoms with E-state index in [0.717, 1.165) is 38.2 Å². The van der Waals surface area contributed by atoms with Crippen molar-refractivity contribution in [3.8, 4) is 0 Å². The van der Waals surface area contributed by atoms with Gasteiger partial charge in [0.1, 0.15) is 11.6 Å². The number of halogens is 3. The van der Waals surface area contributed by atoms with Crippen molar-refractivity contribution in [3.63, 3.8) is 0 Å². The Morgan fingerprint density at radius 3 is 2.57 bits per heavy atom. The van der Waals surface area contributed by atoms with Gasteiger partial charge >= 0.3 is 0 Å². The van der Waals surface area contributed by atoms with Crippen molar-refractivity contribution in [1.29, 1.82) is 0 Å². The van der Waals surface area contributed by atoms with Crippen molar-refractivity contribution in [3.05, 3.63) is 34.4 Å². The Balaban J connectivity index is 1.52. The molecule has 1 N–H and O–H groups in total. The van der Waals surface area contributed by atoms with E-state index in [-0.39, 0.29) is 39.8 Å². The number of nitrogens with zero attached hydrogens (tertiary/aromatic N) is 1. The number of carbonyl (C=O) groups is 2. The van der Waals surface area contributed by atoms with Crippen molar-refractivity contribution in [2.24, 2.45) is 11.8 Å². The second-order valence-corrected chi connectivity index (χ2v) is 8.98. The monoisotopic (exact) mass is 410 g/mol. The molecule has 28 heavy (non-hydrogen) atoms. The molecule has 2 amide bonds. The average Bonchev–Trinajstić information content (AvgIpc) is 3.26. The molecule has 0 bridgehead atoms. The molecule has 1 aromatic carbocycles. The summed E-state index contributed by atoms with van der Waals surface area (Å²) in [5.74, 6) is -1.77. The highest BCUT2D eigenvalue weighted by Crippen LogP contribution is 2.49. The van der Waals surface area contributed by atoms with E-state index in [2.05, 4.69) is 5.32 Å². The van der Waals surface area contributed by atoms with E-state index < -0.39 is 17.7 Å². The van der Waals surface area contributed by atoms with Crippen molar-refractivity contribution in [2.45, 2.75) is 62.9 Å². The van der Waals surface area contributed by atoms with Crippen LogP contribution in [0.25, 0.3) is 0 Å². The fourth-order valence-electron chi connectivity index (χ4n) is 5.28. The maximum atomic E-state index is 14.7. The van der Waals surface area contributed by atoms with Crippen LogP contribution in [0.5, 0.6) is 0 Å². The predicted molar refractivity (Wildman–Crippen MR) is 102 cm³/mol. The van der Waals surface area contributed by atoms with Crippen LogP contribution in [-0.4, -0.2) is 29.3 Å². The molecular formula is C21H25ClF2N2O2. The molecule has 1 saturated heterocycles. The molecule has 1 spiro atoms. The molecule has 1 aliphatic heterocycles. The van der Waals surface area contributed by atoms with Gasteiger partial charge in [-0.3, -0.25) is 9.59 Å². The van der Waals surface area contributed by atoms with Gasteiger partial charge in [-0.25, -0.2) is 8.78 Å². The van der Waals surface area contributed by atoms with Crippen LogP contribution in [0.1, 0.15) is 63.0 Å². The van der Waals surface area contributed by atoms with E-state index in [1.807, 2.05) is 0 Å². The van der Waals surface area contributed by atoms with Crippen LogP contribution in [0.4, 0.5) is 8.78 Å². The molecule has 2 aliphatic carbocycles. The van der Waals surface area contributed by atoms with E-state index in [1.165, 1.54) is 6.07 Å². The van der Waals surface area contributed by atoms with Crippen molar-refractivity contribution in [2.75, 3.05) is 7.05 Å². The molecule has 0 unspecified atom stereocenters. The summed E-state index contributed by atoms with van der Waals surface area (Å²) in [6.07, 6.45) is 6.13. The molecule has 0 aromatic heterocycles. The lowest BCUT2D eigenvalue weighted by atomic mass is 9.66. The van der Waals surface area contributed by atoms with Gasteiger partial charge in [0.05, 0.1) is 11.1 Å². The Labute approximate surface area is 168 Å². The van der Waals surface area contributed by atoms with Crippen molar-refractivity contribution < 1.29 is 18.4 Å². The van der Waals surface area contributed by atoms with E-state index in [0.29, 0.717) is 19.3 Å². The second kappa shape index (κ2) is 7.29. The number of benzene rings is 1. The van der Waals surface area contributed by atoms with Gasteiger partial charge < -0.3 is 10.2 Å². The van der Waals surface area contributed by atoms with Crippen LogP contribution < -0.4 is 5.32 Å². The third-order valence-corrected chi connectivity index (χ3v) is 7.36. The van der Waals surface area contributed by atoms with Crippen LogP contribution in [0, 0.1) is 23.5 Å². The molecule has 7 heteroatoms. The lowest BCUT2D eigenvalue weighted by molar-refractivity contribution is -0.141. The number of likely N-dealkylation sites (tertiary alicyclic amines) is 1. The maximum absolute atomic E-state index is 14.7. The molecule has 3 fully saturated rings. The Kier molecular flexibility index (Phi) is 5.10. The molecule has 1 heterocycles. The van der Waals surface area contributed by atoms with E-state index in [4.69, 9.17) is 11.6 Å². The zero-order chi connectivity index (χ0) is 20.1. The number of amides is 2. The van der Waals surface area contributed by atoms with Gasteiger partial charge in [0.15, 0.2) is 0 Å². The first-order valence-electron chi connectivity index (χ1n) is 10.0. The van der Waals surface area contributed by atoms with Crippen LogP contribution in [0.3, 0.4) is 0 Å². The smallest absolute Gasteiger partial charge is 0.223 e. The fraction of sp³-hybridized carbons (Fsp3) is 0.619. The fourth-order valence-corrected chi connectivity index (χ4v) is 5.44. The number of rotatable bonds is 4. The van der Waals surface area contributed by atoms with E-state index >= 15 is 0 Å². The minimum atomic E-state index is -0.787. The highest BCUT2D eigenvalue weighted by Gasteiger charge is 2.54. The SMILES string of the molecule is CN1C(=O)CCC12CC(C(=O)N[C@H](c1c(F)ccc(Cl)c1F)C1CCCC1)C2. The summed E-state index contributed by atoms with van der Waals surface area (Å²) >= 11 is 5.89. The molecule has 3 aliphatic rings. The quantitative estimate of drug-likeness (QED) is 0.749. The largest absolute Gasteiger partial charge is 0.349 e. The normalized spacial score (nSPS) is 28.6. The van der Waals surface area contributed by atoms with Crippen LogP contribution in [0.2, 0.25) is 5.02 Å². The number of nitrogens with one attached hydrogen (secondary N) is 1. The van der Waals surface area contributed by atoms with Gasteiger partial charge in [0.25, 0.3) is 0 Å². The first-order chi connectivity index (χ1) is 13.3. The number of carbonyl (C=O) groups excluding carboxylic acids is 2. The Hall–Kier alpha value is -1.69. The first kappa shape index (κ1) is 19.6. The third kappa shape index (κ3) is 3.19. The number of hydrogen-bond donors (Lipinski definition) is 1. The Bertz CT molecular complexity index is 804. The summed E-state index contributed by atoms with van der Waals surface area (Å²) in [6.45, 7) is 0. The molecule has 152 valence electrons. The molecule has 1 aromatic rings. The molecule has 4 rings (SSSR count). The van der Waals surface area contributed by atoms with Crippen LogP contribution in [0.15, 0.2) is 12.1 Å². The Morgan fingerprint density at radius 1 is 1.29 bits per heavy atom. The molecule has 0 radical (unpaired) electrons. The minimum absolute atomic E-state index is 0.00353. The van der Waals surface area contributed by atoms with Crippen LogP contribution in [-0.2, 0) is 9.59 Å². The molecule has 4 nitrogen and oxygen atoms in total. The van der Waals surface area contributed by atoms with E-state index in [1.54, 1.807) is 11.9 Å². The molecular weight excluding hydrogens is 386 g/mol. The standard InChI is InChI=1S/C21H25ClF2N2O2/c1-26-16(27)8-9-21(26)10-13(11-21)20(28)25-19(12-4-2-3-5-12)17-15(23)7-6-14(22)18(17)24/h6-7,12-13,19H,2-5,8-11H2,1H3,(H,25,28)/t13?,19-,21?/m0/s1. The maximum Gasteiger partial charge on any atom is 0.223 e. The van der Waals surface area contributed by atoms with Gasteiger partial charge in [-0.1, -0.05) is 24.4 Å². The second-order valence-electron chi connectivity index (χ2n) is 8.57. The topological polar surface area (TPSA) is 49.4 Å². The van der Waals surface area contributed by atoms with Gasteiger partial charge in [-0.2, -0.15) is 0 Å². The predicted octanol–water partition coefficient (Wildman–Crippen LogP) is 4.37. The van der Waals surface area contributed by atoms with Gasteiger partial charge in [0, 0.05) is 30.5 Å². The highest BCUT2D eigenvalue weighted by atomic mass is 35.5. The summed E-state index contributed by atoms with van der Waals surface area (Å²) in [7, 11) is 1.79. The average molecular weight is 411 g/mol. The third-order valence-electron chi connectivity index (χ3n) is 7.07. The Morgan fingerprint density at radius 2 is 1.96 bits per heavy atom. The highest BCUT2D eigenvalue weighted by molar-refractivity contribution is 6.30. The van der Waals surface area contributed by atoms with Crippen molar-refractivity contribution >= 4 is 23.4 Å². The first-order valence-corrected chi connectivity index (χ1v) is 10.4. The lowest BCUT2D eigenvalue weighted by Gasteiger charge is -2.49. The summed E-state index contributed by atoms with van der Waals surface area (Å²) in [5, 5.41) is 2.80. The summed E-state index contributed by atoms with van der Waals surface area (Å²) in [6, 6.07) is 1.64. The molecule has 2 saturated carbocycles. The molecule has 1 atom stereocenters. The van der Waals surface area contributed by atoms with Gasteiger partial charge in [0.2, 0.25) is 11.8 Å². The lowest BCUT2D eigenvalue weighted by Crippen LogP contribution is -2.57. The summed E-state index contributed by atoms with van der Waals surface area (Å²) < 4.78 is 29.2. The zero-order valence-corrected chi connectivity index (χ0v) is 16.7. The van der Waals surface area contributed by atoms with Gasteiger partial charge in [-0.15, -0.1) is 0 Å². The number of hydrogen-bond acceptors (Lipinski definition) is 2. The minimum Gasteiger partial charge on any atom is -0.349 e. The van der Waals surface area contributed by atoms with E-state index in [9.17, 15) is 18.4 Å². The van der Waals surface area contributed by atoms with Crippen molar-refractivity contribution in [1.82, 2.24) is 10.2 Å². The summed E-state index contributed by atoms with van der Waals surface area (Å²) in [5.41, 5.74) is -0.343. The zero-order valence-electron chi connectivity index (χ0n) is 15.9.